The molecule has 0 radical (unpaired) electrons. The number of pyridine rings is 1. The second-order valence-electron chi connectivity index (χ2n) is 3.86. The second-order valence-corrected chi connectivity index (χ2v) is 5.78. The van der Waals surface area contributed by atoms with Crippen LogP contribution in [-0.4, -0.2) is 37.2 Å². The Balaban J connectivity index is 2.60. The first-order valence-electron chi connectivity index (χ1n) is 5.68. The molecular weight excluding hydrogens is 272 g/mol. The lowest BCUT2D eigenvalue weighted by Crippen LogP contribution is -2.29. The molecule has 0 aromatic carbocycles. The molecule has 1 aromatic heterocycles. The van der Waals surface area contributed by atoms with E-state index in [1.165, 1.54) is 6.07 Å². The number of nitrogens with one attached hydrogen (secondary N) is 2. The van der Waals surface area contributed by atoms with E-state index in [1.54, 1.807) is 13.8 Å². The molecule has 0 spiro atoms. The van der Waals surface area contributed by atoms with Gasteiger partial charge in [0.05, 0.1) is 10.7 Å². The smallest absolute Gasteiger partial charge is 0.290 e. The Bertz CT molecular complexity index is 559. The van der Waals surface area contributed by atoms with E-state index in [1.807, 2.05) is 0 Å². The van der Waals surface area contributed by atoms with Gasteiger partial charge in [0.2, 0.25) is 10.0 Å². The summed E-state index contributed by atoms with van der Waals surface area (Å²) in [7, 11) is -3.28. The van der Waals surface area contributed by atoms with Crippen molar-refractivity contribution >= 4 is 21.5 Å². The summed E-state index contributed by atoms with van der Waals surface area (Å²) in [4.78, 5) is 14.0. The van der Waals surface area contributed by atoms with Crippen LogP contribution in [0.5, 0.6) is 0 Å². The van der Waals surface area contributed by atoms with Gasteiger partial charge < -0.3 is 5.32 Å². The van der Waals surface area contributed by atoms with Crippen molar-refractivity contribution in [2.75, 3.05) is 24.2 Å². The quantitative estimate of drug-likeness (QED) is 0.562. The van der Waals surface area contributed by atoms with Crippen LogP contribution in [0.3, 0.4) is 0 Å². The fourth-order valence-corrected chi connectivity index (χ4v) is 2.40. The molecule has 1 aromatic rings. The summed E-state index contributed by atoms with van der Waals surface area (Å²) in [6, 6.07) is 1.51. The molecule has 0 unspecified atom stereocenters. The number of nitrogens with zero attached hydrogens (tertiary/aromatic N) is 2. The van der Waals surface area contributed by atoms with Gasteiger partial charge in [0, 0.05) is 18.7 Å². The fourth-order valence-electron chi connectivity index (χ4n) is 1.44. The molecule has 0 saturated heterocycles. The first-order valence-corrected chi connectivity index (χ1v) is 7.33. The minimum atomic E-state index is -3.28. The molecule has 106 valence electrons. The molecule has 0 aliphatic carbocycles. The van der Waals surface area contributed by atoms with E-state index in [0.717, 1.165) is 6.20 Å². The normalized spacial score (nSPS) is 11.3. The predicted octanol–water partition coefficient (Wildman–Crippen LogP) is 0.649. The van der Waals surface area contributed by atoms with Gasteiger partial charge in [0.1, 0.15) is 12.0 Å². The summed E-state index contributed by atoms with van der Waals surface area (Å²) >= 11 is 0. The zero-order chi connectivity index (χ0) is 14.5. The number of anilines is 1. The van der Waals surface area contributed by atoms with Crippen molar-refractivity contribution in [3.63, 3.8) is 0 Å². The zero-order valence-corrected chi connectivity index (χ0v) is 11.5. The number of aryl methyl sites for hydroxylation is 1. The minimum absolute atomic E-state index is 0.0641. The highest BCUT2D eigenvalue weighted by Gasteiger charge is 2.12. The maximum absolute atomic E-state index is 11.4. The van der Waals surface area contributed by atoms with Gasteiger partial charge >= 0.3 is 0 Å². The van der Waals surface area contributed by atoms with E-state index in [2.05, 4.69) is 15.0 Å². The lowest BCUT2D eigenvalue weighted by molar-refractivity contribution is -0.385. The summed E-state index contributed by atoms with van der Waals surface area (Å²) < 4.78 is 25.1. The van der Waals surface area contributed by atoms with Crippen LogP contribution >= 0.6 is 0 Å². The molecule has 9 heteroatoms. The van der Waals surface area contributed by atoms with Crippen molar-refractivity contribution in [1.82, 2.24) is 9.71 Å². The maximum Gasteiger partial charge on any atom is 0.290 e. The van der Waals surface area contributed by atoms with Gasteiger partial charge in [-0.1, -0.05) is 6.92 Å². The first-order chi connectivity index (χ1) is 8.85. The van der Waals surface area contributed by atoms with Gasteiger partial charge in [-0.3, -0.25) is 10.1 Å². The monoisotopic (exact) mass is 288 g/mol. The lowest BCUT2D eigenvalue weighted by atomic mass is 10.2. The van der Waals surface area contributed by atoms with Crippen molar-refractivity contribution in [1.29, 1.82) is 0 Å². The third kappa shape index (κ3) is 4.79. The average Bonchev–Trinajstić information content (AvgIpc) is 2.28. The molecule has 0 fully saturated rings. The van der Waals surface area contributed by atoms with Crippen molar-refractivity contribution in [2.24, 2.45) is 0 Å². The van der Waals surface area contributed by atoms with E-state index in [4.69, 9.17) is 0 Å². The average molecular weight is 288 g/mol. The second kappa shape index (κ2) is 6.43. The van der Waals surface area contributed by atoms with E-state index in [9.17, 15) is 18.5 Å². The zero-order valence-electron chi connectivity index (χ0n) is 10.7. The van der Waals surface area contributed by atoms with Crippen molar-refractivity contribution in [3.8, 4) is 0 Å². The van der Waals surface area contributed by atoms with Crippen LogP contribution in [0.2, 0.25) is 0 Å². The van der Waals surface area contributed by atoms with Crippen LogP contribution in [0.25, 0.3) is 0 Å². The molecule has 0 saturated carbocycles. The molecule has 1 heterocycles. The van der Waals surface area contributed by atoms with Gasteiger partial charge in [0.15, 0.2) is 0 Å². The Morgan fingerprint density at radius 1 is 1.47 bits per heavy atom. The number of sulfonamides is 1. The number of aromatic nitrogens is 1. The van der Waals surface area contributed by atoms with Gasteiger partial charge in [0.25, 0.3) is 5.69 Å². The molecule has 0 atom stereocenters. The van der Waals surface area contributed by atoms with E-state index < -0.39 is 14.9 Å². The van der Waals surface area contributed by atoms with Crippen molar-refractivity contribution < 1.29 is 13.3 Å². The van der Waals surface area contributed by atoms with E-state index in [-0.39, 0.29) is 18.0 Å². The number of nitro groups is 1. The molecule has 19 heavy (non-hydrogen) atoms. The molecule has 0 amide bonds. The first kappa shape index (κ1) is 15.3. The molecular formula is C10H16N4O4S. The molecule has 0 bridgehead atoms. The maximum atomic E-state index is 11.4. The Kier molecular flexibility index (Phi) is 5.19. The van der Waals surface area contributed by atoms with Gasteiger partial charge in [-0.05, 0) is 13.0 Å². The molecule has 0 aliphatic rings. The van der Waals surface area contributed by atoms with Crippen LogP contribution in [0.4, 0.5) is 11.5 Å². The molecule has 8 nitrogen and oxygen atoms in total. The standard InChI is InChI=1S/C10H16N4O4S/c1-3-13-19(17,18)5-4-11-10-6-8(2)9(7-12-10)14(15)16/h6-7,13H,3-5H2,1-2H3,(H,11,12). The SMILES string of the molecule is CCNS(=O)(=O)CCNc1cc(C)c([N+](=O)[O-])cn1. The Labute approximate surface area is 111 Å². The third-order valence-electron chi connectivity index (χ3n) is 2.32. The number of rotatable bonds is 7. The van der Waals surface area contributed by atoms with Crippen LogP contribution in [0, 0.1) is 17.0 Å². The highest BCUT2D eigenvalue weighted by molar-refractivity contribution is 7.89. The largest absolute Gasteiger partial charge is 0.369 e. The Hall–Kier alpha value is -1.74. The summed E-state index contributed by atoms with van der Waals surface area (Å²) in [5.74, 6) is 0.327. The topological polar surface area (TPSA) is 114 Å². The van der Waals surface area contributed by atoms with Gasteiger partial charge in [-0.15, -0.1) is 0 Å². The fraction of sp³-hybridized carbons (Fsp3) is 0.500. The number of hydrogen-bond acceptors (Lipinski definition) is 6. The van der Waals surface area contributed by atoms with Crippen LogP contribution in [0.15, 0.2) is 12.3 Å². The van der Waals surface area contributed by atoms with E-state index in [0.29, 0.717) is 17.9 Å². The highest BCUT2D eigenvalue weighted by Crippen LogP contribution is 2.18. The summed E-state index contributed by atoms with van der Waals surface area (Å²) in [5.41, 5.74) is 0.405. The molecule has 2 N–H and O–H groups in total. The van der Waals surface area contributed by atoms with Crippen LogP contribution in [-0.2, 0) is 10.0 Å². The lowest BCUT2D eigenvalue weighted by Gasteiger charge is -2.07. The van der Waals surface area contributed by atoms with Crippen LogP contribution in [0.1, 0.15) is 12.5 Å². The molecule has 1 rings (SSSR count). The summed E-state index contributed by atoms with van der Waals surface area (Å²) in [6.45, 7) is 3.82. The van der Waals surface area contributed by atoms with Gasteiger partial charge in [-0.25, -0.2) is 18.1 Å². The number of hydrogen-bond donors (Lipinski definition) is 2. The Morgan fingerprint density at radius 3 is 2.68 bits per heavy atom. The highest BCUT2D eigenvalue weighted by atomic mass is 32.2. The summed E-state index contributed by atoms with van der Waals surface area (Å²) in [6.07, 6.45) is 1.15. The van der Waals surface area contributed by atoms with E-state index >= 15 is 0 Å². The summed E-state index contributed by atoms with van der Waals surface area (Å²) in [5, 5.41) is 13.4. The Morgan fingerprint density at radius 2 is 2.16 bits per heavy atom. The van der Waals surface area contributed by atoms with Gasteiger partial charge in [-0.2, -0.15) is 0 Å². The molecule has 0 aliphatic heterocycles. The predicted molar refractivity (Wildman–Crippen MR) is 71.6 cm³/mol. The van der Waals surface area contributed by atoms with Crippen molar-refractivity contribution in [2.45, 2.75) is 13.8 Å². The van der Waals surface area contributed by atoms with Crippen molar-refractivity contribution in [3.05, 3.63) is 27.9 Å². The minimum Gasteiger partial charge on any atom is -0.369 e. The third-order valence-corrected chi connectivity index (χ3v) is 3.79. The van der Waals surface area contributed by atoms with Crippen LogP contribution < -0.4 is 10.0 Å².